The first-order valence-corrected chi connectivity index (χ1v) is 10.6. The Morgan fingerprint density at radius 2 is 2.21 bits per heavy atom. The summed E-state index contributed by atoms with van der Waals surface area (Å²) in [6.45, 7) is 9.72. The molecule has 0 aromatic carbocycles. The quantitative estimate of drug-likeness (QED) is 0.353. The summed E-state index contributed by atoms with van der Waals surface area (Å²) in [6, 6.07) is 3.29. The van der Waals surface area contributed by atoms with Gasteiger partial charge in [0.1, 0.15) is 10.6 Å². The first kappa shape index (κ1) is 20.6. The number of pyridine rings is 1. The van der Waals surface area contributed by atoms with Gasteiger partial charge in [0.25, 0.3) is 5.56 Å². The van der Waals surface area contributed by atoms with Crippen LogP contribution in [0.4, 0.5) is 5.82 Å². The first-order chi connectivity index (χ1) is 13.3. The highest BCUT2D eigenvalue weighted by Gasteiger charge is 2.21. The van der Waals surface area contributed by atoms with Gasteiger partial charge in [0.05, 0.1) is 15.7 Å². The predicted octanol–water partition coefficient (Wildman–Crippen LogP) is 4.43. The topological polar surface area (TPSA) is 76.9 Å². The molecule has 0 aliphatic carbocycles. The molecule has 0 fully saturated rings. The Morgan fingerprint density at radius 1 is 1.46 bits per heavy atom. The molecule has 1 N–H and O–H groups in total. The molecule has 6 nitrogen and oxygen atoms in total. The second-order valence-corrected chi connectivity index (χ2v) is 9.12. The number of aromatic nitrogens is 3. The minimum Gasteiger partial charge on any atom is -0.310 e. The molecule has 0 spiro atoms. The highest BCUT2D eigenvalue weighted by molar-refractivity contribution is 8.00. The van der Waals surface area contributed by atoms with E-state index >= 15 is 0 Å². The van der Waals surface area contributed by atoms with E-state index in [0.717, 1.165) is 10.4 Å². The number of hydrogen-bond acceptors (Lipinski definition) is 6. The Balaban J connectivity index is 1.90. The lowest BCUT2D eigenvalue weighted by Crippen LogP contribution is -2.27. The summed E-state index contributed by atoms with van der Waals surface area (Å²) in [5.41, 5.74) is 0.840. The van der Waals surface area contributed by atoms with Gasteiger partial charge in [0.15, 0.2) is 5.16 Å². The van der Waals surface area contributed by atoms with E-state index < -0.39 is 5.25 Å². The number of thiophene rings is 1. The van der Waals surface area contributed by atoms with E-state index in [1.807, 2.05) is 13.8 Å². The van der Waals surface area contributed by atoms with Gasteiger partial charge >= 0.3 is 0 Å². The lowest BCUT2D eigenvalue weighted by molar-refractivity contribution is -0.115. The summed E-state index contributed by atoms with van der Waals surface area (Å²) in [7, 11) is 0. The van der Waals surface area contributed by atoms with Gasteiger partial charge in [-0.2, -0.15) is 0 Å². The second kappa shape index (κ2) is 8.46. The number of thioether (sulfide) groups is 1. The van der Waals surface area contributed by atoms with E-state index in [2.05, 4.69) is 21.9 Å². The minimum absolute atomic E-state index is 0.110. The summed E-state index contributed by atoms with van der Waals surface area (Å²) in [5.74, 6) is 0.177. The summed E-state index contributed by atoms with van der Waals surface area (Å²) in [6.07, 6.45) is 3.11. The zero-order valence-corrected chi connectivity index (χ0v) is 18.0. The normalized spacial score (nSPS) is 12.1. The number of amides is 1. The minimum atomic E-state index is -0.486. The maximum absolute atomic E-state index is 13.0. The SMILES string of the molecule is C=CCn1c(SC(C)C(=O)Nc2ccc(Cl)cn2)nc2sc(C)c(C)c2c1=O. The number of hydrogen-bond donors (Lipinski definition) is 1. The molecule has 9 heteroatoms. The standard InChI is InChI=1S/C19H19ClN4O2S2/c1-5-8-24-18(26)15-10(2)11(3)27-17(15)23-19(24)28-12(4)16(25)22-14-7-6-13(20)9-21-14/h5-7,9,12H,1,8H2,2-4H3,(H,21,22,25). The predicted molar refractivity (Wildman–Crippen MR) is 117 cm³/mol. The average molecular weight is 435 g/mol. The second-order valence-electron chi connectivity index (χ2n) is 6.17. The number of halogens is 1. The highest BCUT2D eigenvalue weighted by Crippen LogP contribution is 2.30. The number of aryl methyl sites for hydroxylation is 2. The fourth-order valence-electron chi connectivity index (χ4n) is 2.58. The van der Waals surface area contributed by atoms with E-state index in [4.69, 9.17) is 11.6 Å². The first-order valence-electron chi connectivity index (χ1n) is 8.52. The molecule has 3 rings (SSSR count). The largest absolute Gasteiger partial charge is 0.310 e. The van der Waals surface area contributed by atoms with Crippen LogP contribution in [0, 0.1) is 13.8 Å². The summed E-state index contributed by atoms with van der Waals surface area (Å²) < 4.78 is 1.56. The Hall–Kier alpha value is -2.16. The molecule has 0 aliphatic rings. The van der Waals surface area contributed by atoms with Crippen molar-refractivity contribution in [1.29, 1.82) is 0 Å². The van der Waals surface area contributed by atoms with Crippen LogP contribution in [0.5, 0.6) is 0 Å². The fraction of sp³-hybridized carbons (Fsp3) is 0.263. The fourth-order valence-corrected chi connectivity index (χ4v) is 4.68. The van der Waals surface area contributed by atoms with Crippen LogP contribution in [0.3, 0.4) is 0 Å². The number of nitrogens with one attached hydrogen (secondary N) is 1. The molecule has 1 atom stereocenters. The van der Waals surface area contributed by atoms with Gasteiger partial charge in [0, 0.05) is 17.6 Å². The van der Waals surface area contributed by atoms with Crippen molar-refractivity contribution in [2.24, 2.45) is 0 Å². The molecule has 146 valence electrons. The van der Waals surface area contributed by atoms with Gasteiger partial charge in [-0.25, -0.2) is 9.97 Å². The molecule has 28 heavy (non-hydrogen) atoms. The third kappa shape index (κ3) is 4.14. The van der Waals surface area contributed by atoms with Crippen molar-refractivity contribution in [2.75, 3.05) is 5.32 Å². The summed E-state index contributed by atoms with van der Waals surface area (Å²) in [4.78, 5) is 36.0. The Kier molecular flexibility index (Phi) is 6.22. The smallest absolute Gasteiger partial charge is 0.263 e. The van der Waals surface area contributed by atoms with Gasteiger partial charge in [-0.05, 0) is 38.5 Å². The number of rotatable bonds is 6. The number of anilines is 1. The molecule has 1 unspecified atom stereocenters. The molecule has 0 aliphatic heterocycles. The van der Waals surface area contributed by atoms with E-state index in [9.17, 15) is 9.59 Å². The van der Waals surface area contributed by atoms with Crippen molar-refractivity contribution in [3.05, 3.63) is 56.8 Å². The van der Waals surface area contributed by atoms with Crippen molar-refractivity contribution in [2.45, 2.75) is 37.7 Å². The van der Waals surface area contributed by atoms with Gasteiger partial charge in [-0.1, -0.05) is 29.4 Å². The summed E-state index contributed by atoms with van der Waals surface area (Å²) >= 11 is 8.53. The van der Waals surface area contributed by atoms with Crippen LogP contribution in [0.25, 0.3) is 10.2 Å². The number of nitrogens with zero attached hydrogens (tertiary/aromatic N) is 3. The van der Waals surface area contributed by atoms with Gasteiger partial charge < -0.3 is 5.32 Å². The Morgan fingerprint density at radius 3 is 2.86 bits per heavy atom. The van der Waals surface area contributed by atoms with Crippen molar-refractivity contribution in [3.8, 4) is 0 Å². The number of fused-ring (bicyclic) bond motifs is 1. The molecule has 0 saturated heterocycles. The monoisotopic (exact) mass is 434 g/mol. The lowest BCUT2D eigenvalue weighted by Gasteiger charge is -2.14. The molecule has 0 saturated carbocycles. The summed E-state index contributed by atoms with van der Waals surface area (Å²) in [5, 5.41) is 3.88. The zero-order valence-electron chi connectivity index (χ0n) is 15.7. The molecule has 3 aromatic rings. The molecule has 1 amide bonds. The van der Waals surface area contributed by atoms with E-state index in [-0.39, 0.29) is 11.5 Å². The number of carbonyl (C=O) groups is 1. The molecule has 3 aromatic heterocycles. The van der Waals surface area contributed by atoms with Gasteiger partial charge in [-0.15, -0.1) is 17.9 Å². The molecular formula is C19H19ClN4O2S2. The van der Waals surface area contributed by atoms with Crippen LogP contribution in [-0.2, 0) is 11.3 Å². The van der Waals surface area contributed by atoms with Crippen LogP contribution in [0.15, 0.2) is 40.9 Å². The van der Waals surface area contributed by atoms with Crippen molar-refractivity contribution < 1.29 is 4.79 Å². The lowest BCUT2D eigenvalue weighted by atomic mass is 10.2. The van der Waals surface area contributed by atoms with E-state index in [1.54, 1.807) is 29.7 Å². The molecule has 0 radical (unpaired) electrons. The average Bonchev–Trinajstić information content (AvgIpc) is 2.94. The third-order valence-electron chi connectivity index (χ3n) is 4.20. The van der Waals surface area contributed by atoms with Crippen LogP contribution in [0.1, 0.15) is 17.4 Å². The van der Waals surface area contributed by atoms with Crippen molar-refractivity contribution >= 4 is 56.6 Å². The van der Waals surface area contributed by atoms with Gasteiger partial charge in [-0.3, -0.25) is 14.2 Å². The third-order valence-corrected chi connectivity index (χ3v) is 6.61. The van der Waals surface area contributed by atoms with E-state index in [0.29, 0.717) is 32.8 Å². The van der Waals surface area contributed by atoms with E-state index in [1.165, 1.54) is 29.3 Å². The highest BCUT2D eigenvalue weighted by atomic mass is 35.5. The Labute approximate surface area is 175 Å². The van der Waals surface area contributed by atoms with Crippen LogP contribution < -0.4 is 10.9 Å². The zero-order chi connectivity index (χ0) is 20.4. The maximum Gasteiger partial charge on any atom is 0.263 e. The number of carbonyl (C=O) groups excluding carboxylic acids is 1. The number of allylic oxidation sites excluding steroid dienone is 1. The van der Waals surface area contributed by atoms with Crippen LogP contribution >= 0.6 is 34.7 Å². The van der Waals surface area contributed by atoms with Crippen molar-refractivity contribution in [1.82, 2.24) is 14.5 Å². The van der Waals surface area contributed by atoms with Crippen LogP contribution in [0.2, 0.25) is 5.02 Å². The maximum atomic E-state index is 13.0. The molecule has 3 heterocycles. The van der Waals surface area contributed by atoms with Crippen LogP contribution in [-0.4, -0.2) is 25.7 Å². The molecule has 0 bridgehead atoms. The van der Waals surface area contributed by atoms with Crippen molar-refractivity contribution in [3.63, 3.8) is 0 Å². The molecular weight excluding hydrogens is 416 g/mol. The van der Waals surface area contributed by atoms with Gasteiger partial charge in [0.2, 0.25) is 5.91 Å². The Bertz CT molecular complexity index is 1110.